The molecule has 0 saturated carbocycles. The largest absolute Gasteiger partial charge is 0.464 e. The van der Waals surface area contributed by atoms with Crippen LogP contribution in [-0.4, -0.2) is 17.6 Å². The van der Waals surface area contributed by atoms with Gasteiger partial charge in [-0.05, 0) is 31.2 Å². The third-order valence-electron chi connectivity index (χ3n) is 4.50. The normalized spacial score (nSPS) is 14.1. The van der Waals surface area contributed by atoms with E-state index in [0.29, 0.717) is 17.3 Å². The van der Waals surface area contributed by atoms with Crippen LogP contribution in [0.4, 0.5) is 0 Å². The highest BCUT2D eigenvalue weighted by Crippen LogP contribution is 2.43. The van der Waals surface area contributed by atoms with Gasteiger partial charge in [0.25, 0.3) is 0 Å². The Morgan fingerprint density at radius 3 is 2.23 bits per heavy atom. The molecule has 0 saturated heterocycles. The molecule has 5 heteroatoms. The highest BCUT2D eigenvalue weighted by molar-refractivity contribution is 5.89. The summed E-state index contributed by atoms with van der Waals surface area (Å²) in [5.74, 6) is 1.84. The number of amides is 1. The van der Waals surface area contributed by atoms with Crippen LogP contribution in [-0.2, 0) is 4.79 Å². The second-order valence-electron chi connectivity index (χ2n) is 6.32. The van der Waals surface area contributed by atoms with Crippen molar-refractivity contribution in [2.45, 2.75) is 18.9 Å². The van der Waals surface area contributed by atoms with E-state index in [0.717, 1.165) is 16.9 Å². The van der Waals surface area contributed by atoms with E-state index in [9.17, 15) is 9.90 Å². The summed E-state index contributed by atoms with van der Waals surface area (Å²) >= 11 is 0. The topological polar surface area (TPSA) is 71.7 Å². The van der Waals surface area contributed by atoms with Crippen molar-refractivity contribution in [3.05, 3.63) is 83.3 Å². The third-order valence-corrected chi connectivity index (χ3v) is 4.50. The maximum Gasteiger partial charge on any atom is 0.232 e. The van der Waals surface area contributed by atoms with Crippen LogP contribution in [0.5, 0.6) is 11.5 Å². The van der Waals surface area contributed by atoms with Gasteiger partial charge in [-0.3, -0.25) is 4.79 Å². The molecule has 1 unspecified atom stereocenters. The maximum atomic E-state index is 13.0. The zero-order chi connectivity index (χ0) is 18.1. The summed E-state index contributed by atoms with van der Waals surface area (Å²) in [6.45, 7) is 1.89. The lowest BCUT2D eigenvalue weighted by Crippen LogP contribution is -2.34. The zero-order valence-electron chi connectivity index (χ0n) is 14.3. The fourth-order valence-corrected chi connectivity index (χ4v) is 3.22. The number of hydrogen-bond acceptors (Lipinski definition) is 4. The molecule has 2 heterocycles. The molecule has 1 aliphatic heterocycles. The molecule has 132 valence electrons. The van der Waals surface area contributed by atoms with Crippen LogP contribution in [0.15, 0.2) is 65.1 Å². The average Bonchev–Trinajstić information content (AvgIpc) is 3.10. The summed E-state index contributed by atoms with van der Waals surface area (Å²) < 4.78 is 11.3. The molecule has 0 spiro atoms. The van der Waals surface area contributed by atoms with Gasteiger partial charge in [0.05, 0.1) is 12.5 Å². The summed E-state index contributed by atoms with van der Waals surface area (Å²) in [5, 5.41) is 13.1. The first kappa shape index (κ1) is 16.4. The van der Waals surface area contributed by atoms with Crippen LogP contribution in [0, 0.1) is 6.92 Å². The van der Waals surface area contributed by atoms with E-state index < -0.39 is 12.0 Å². The van der Waals surface area contributed by atoms with Crippen molar-refractivity contribution in [1.82, 2.24) is 5.32 Å². The Kier molecular flexibility index (Phi) is 4.22. The van der Waals surface area contributed by atoms with Crippen molar-refractivity contribution in [2.24, 2.45) is 0 Å². The predicted octanol–water partition coefficient (Wildman–Crippen LogP) is 3.68. The first-order valence-electron chi connectivity index (χ1n) is 8.51. The van der Waals surface area contributed by atoms with E-state index in [1.807, 2.05) is 55.5 Å². The molecule has 3 aromatic rings. The van der Waals surface area contributed by atoms with Crippen molar-refractivity contribution in [2.75, 3.05) is 6.54 Å². The molecule has 0 aliphatic carbocycles. The molecule has 0 radical (unpaired) electrons. The molecular formula is C21H19NO4. The Balaban J connectivity index is 1.57. The number of carbonyl (C=O) groups excluding carboxylic acids is 1. The van der Waals surface area contributed by atoms with Crippen molar-refractivity contribution >= 4 is 5.91 Å². The van der Waals surface area contributed by atoms with E-state index in [1.165, 1.54) is 0 Å². The summed E-state index contributed by atoms with van der Waals surface area (Å²) in [6, 6.07) is 18.5. The average molecular weight is 349 g/mol. The maximum absolute atomic E-state index is 13.0. The molecular weight excluding hydrogens is 330 g/mol. The molecule has 5 nitrogen and oxygen atoms in total. The fraction of sp³-hybridized carbons (Fsp3) is 0.190. The minimum Gasteiger partial charge on any atom is -0.464 e. The number of aliphatic hydroxyl groups excluding tert-OH is 1. The summed E-state index contributed by atoms with van der Waals surface area (Å²) in [5.41, 5.74) is 1.62. The molecule has 1 amide bonds. The van der Waals surface area contributed by atoms with E-state index in [1.54, 1.807) is 12.1 Å². The quantitative estimate of drug-likeness (QED) is 0.754. The first-order chi connectivity index (χ1) is 12.6. The van der Waals surface area contributed by atoms with E-state index >= 15 is 0 Å². The molecule has 0 fully saturated rings. The van der Waals surface area contributed by atoms with Crippen LogP contribution in [0.1, 0.15) is 34.7 Å². The van der Waals surface area contributed by atoms with Gasteiger partial charge in [-0.25, -0.2) is 0 Å². The van der Waals surface area contributed by atoms with Crippen molar-refractivity contribution in [3.8, 4) is 11.5 Å². The molecule has 1 atom stereocenters. The van der Waals surface area contributed by atoms with Crippen molar-refractivity contribution in [1.29, 1.82) is 0 Å². The van der Waals surface area contributed by atoms with Crippen LogP contribution < -0.4 is 10.1 Å². The van der Waals surface area contributed by atoms with Gasteiger partial charge in [-0.15, -0.1) is 0 Å². The van der Waals surface area contributed by atoms with Crippen LogP contribution >= 0.6 is 0 Å². The van der Waals surface area contributed by atoms with Crippen molar-refractivity contribution < 1.29 is 19.1 Å². The van der Waals surface area contributed by atoms with Crippen LogP contribution in [0.3, 0.4) is 0 Å². The highest BCUT2D eigenvalue weighted by Gasteiger charge is 2.32. The van der Waals surface area contributed by atoms with Crippen LogP contribution in [0.25, 0.3) is 0 Å². The lowest BCUT2D eigenvalue weighted by Gasteiger charge is -2.27. The second kappa shape index (κ2) is 6.69. The van der Waals surface area contributed by atoms with Gasteiger partial charge in [0.2, 0.25) is 5.91 Å². The van der Waals surface area contributed by atoms with Gasteiger partial charge in [-0.2, -0.15) is 0 Å². The Hall–Kier alpha value is -3.05. The number of para-hydroxylation sites is 2. The molecule has 1 aromatic heterocycles. The Morgan fingerprint density at radius 2 is 1.65 bits per heavy atom. The van der Waals surface area contributed by atoms with Gasteiger partial charge in [-0.1, -0.05) is 36.4 Å². The van der Waals surface area contributed by atoms with Gasteiger partial charge in [0, 0.05) is 11.1 Å². The number of ether oxygens (including phenoxy) is 1. The highest BCUT2D eigenvalue weighted by atomic mass is 16.5. The second-order valence-corrected chi connectivity index (χ2v) is 6.32. The lowest BCUT2D eigenvalue weighted by molar-refractivity contribution is -0.122. The lowest BCUT2D eigenvalue weighted by atomic mass is 9.87. The third kappa shape index (κ3) is 2.97. The Labute approximate surface area is 151 Å². The number of hydrogen-bond donors (Lipinski definition) is 2. The van der Waals surface area contributed by atoms with E-state index in [2.05, 4.69) is 5.32 Å². The number of rotatable bonds is 4. The van der Waals surface area contributed by atoms with Crippen molar-refractivity contribution in [3.63, 3.8) is 0 Å². The fourth-order valence-electron chi connectivity index (χ4n) is 3.22. The number of furan rings is 1. The Morgan fingerprint density at radius 1 is 1.04 bits per heavy atom. The molecule has 0 bridgehead atoms. The smallest absolute Gasteiger partial charge is 0.232 e. The van der Waals surface area contributed by atoms with Gasteiger partial charge >= 0.3 is 0 Å². The number of aliphatic hydroxyl groups is 1. The minimum atomic E-state index is -0.891. The standard InChI is InChI=1S/C21H19NO4/c1-13-10-11-19(25-13)16(23)12-22-21(24)20-14-6-2-4-8-17(14)26-18-9-5-3-7-15(18)20/h2-11,16,20,23H,12H2,1H3,(H,22,24). The molecule has 26 heavy (non-hydrogen) atoms. The Bertz CT molecular complexity index is 901. The molecule has 4 rings (SSSR count). The van der Waals surface area contributed by atoms with Gasteiger partial charge in [0.15, 0.2) is 0 Å². The number of nitrogens with one attached hydrogen (secondary N) is 1. The van der Waals surface area contributed by atoms with Gasteiger partial charge in [0.1, 0.15) is 29.1 Å². The summed E-state index contributed by atoms with van der Waals surface area (Å²) in [4.78, 5) is 13.0. The molecule has 2 N–H and O–H groups in total. The number of fused-ring (bicyclic) bond motifs is 2. The van der Waals surface area contributed by atoms with E-state index in [-0.39, 0.29) is 12.5 Å². The molecule has 1 aliphatic rings. The first-order valence-corrected chi connectivity index (χ1v) is 8.51. The van der Waals surface area contributed by atoms with Crippen LogP contribution in [0.2, 0.25) is 0 Å². The predicted molar refractivity (Wildman–Crippen MR) is 96.2 cm³/mol. The summed E-state index contributed by atoms with van der Waals surface area (Å²) in [6.07, 6.45) is -0.891. The number of aryl methyl sites for hydroxylation is 1. The molecule has 2 aromatic carbocycles. The van der Waals surface area contributed by atoms with E-state index in [4.69, 9.17) is 9.15 Å². The number of benzene rings is 2. The minimum absolute atomic E-state index is 0.0769. The van der Waals surface area contributed by atoms with Gasteiger partial charge < -0.3 is 19.6 Å². The number of carbonyl (C=O) groups is 1. The summed E-state index contributed by atoms with van der Waals surface area (Å²) in [7, 11) is 0. The zero-order valence-corrected chi connectivity index (χ0v) is 14.3. The monoisotopic (exact) mass is 349 g/mol. The SMILES string of the molecule is Cc1ccc(C(O)CNC(=O)C2c3ccccc3Oc3ccccc32)o1.